The Morgan fingerprint density at radius 1 is 1.18 bits per heavy atom. The van der Waals surface area contributed by atoms with E-state index in [-0.39, 0.29) is 24.0 Å². The minimum absolute atomic E-state index is 0. The van der Waals surface area contributed by atoms with Crippen molar-refractivity contribution in [2.45, 2.75) is 40.0 Å². The fourth-order valence-corrected chi connectivity index (χ4v) is 4.00. The predicted octanol–water partition coefficient (Wildman–Crippen LogP) is 2.89. The summed E-state index contributed by atoms with van der Waals surface area (Å²) in [6, 6.07) is 0. The van der Waals surface area contributed by atoms with E-state index in [0.29, 0.717) is 0 Å². The smallest absolute Gasteiger partial charge is 0.193 e. The molecule has 0 spiro atoms. The van der Waals surface area contributed by atoms with Gasteiger partial charge in [-0.2, -0.15) is 0 Å². The van der Waals surface area contributed by atoms with Crippen molar-refractivity contribution in [3.8, 4) is 0 Å². The van der Waals surface area contributed by atoms with Crippen LogP contribution in [-0.4, -0.2) is 62.1 Å². The van der Waals surface area contributed by atoms with Gasteiger partial charge in [0.15, 0.2) is 5.96 Å². The maximum Gasteiger partial charge on any atom is 0.193 e. The summed E-state index contributed by atoms with van der Waals surface area (Å²) < 4.78 is 0. The highest BCUT2D eigenvalue weighted by Gasteiger charge is 2.26. The number of nitrogens with zero attached hydrogens (tertiary/aromatic N) is 3. The van der Waals surface area contributed by atoms with E-state index >= 15 is 0 Å². The Morgan fingerprint density at radius 2 is 1.86 bits per heavy atom. The average molecular weight is 422 g/mol. The lowest BCUT2D eigenvalue weighted by Crippen LogP contribution is -2.49. The SMILES string of the molecule is CCCN1CCC(CNC(=NC)N2CC(C)CC(C)C2)C1.I. The molecule has 2 rings (SSSR count). The first-order valence-electron chi connectivity index (χ1n) is 8.80. The van der Waals surface area contributed by atoms with Crippen LogP contribution in [-0.2, 0) is 0 Å². The summed E-state index contributed by atoms with van der Waals surface area (Å²) in [6.07, 6.45) is 3.95. The Morgan fingerprint density at radius 3 is 2.45 bits per heavy atom. The first-order valence-corrected chi connectivity index (χ1v) is 8.80. The van der Waals surface area contributed by atoms with Crippen molar-refractivity contribution in [1.82, 2.24) is 15.1 Å². The largest absolute Gasteiger partial charge is 0.356 e. The second kappa shape index (κ2) is 9.96. The molecule has 2 heterocycles. The summed E-state index contributed by atoms with van der Waals surface area (Å²) in [5.74, 6) is 3.45. The van der Waals surface area contributed by atoms with E-state index in [0.717, 1.165) is 43.3 Å². The lowest BCUT2D eigenvalue weighted by Gasteiger charge is -2.37. The van der Waals surface area contributed by atoms with Crippen LogP contribution in [0.25, 0.3) is 0 Å². The van der Waals surface area contributed by atoms with Gasteiger partial charge in [-0.15, -0.1) is 24.0 Å². The molecule has 2 saturated heterocycles. The van der Waals surface area contributed by atoms with E-state index in [4.69, 9.17) is 0 Å². The van der Waals surface area contributed by atoms with E-state index in [9.17, 15) is 0 Å². The third-order valence-corrected chi connectivity index (χ3v) is 4.84. The van der Waals surface area contributed by atoms with Gasteiger partial charge in [0, 0.05) is 33.2 Å². The van der Waals surface area contributed by atoms with Gasteiger partial charge in [0.25, 0.3) is 0 Å². The molecule has 0 aromatic carbocycles. The molecule has 0 saturated carbocycles. The fourth-order valence-electron chi connectivity index (χ4n) is 4.00. The molecule has 4 nitrogen and oxygen atoms in total. The van der Waals surface area contributed by atoms with E-state index in [1.807, 2.05) is 7.05 Å². The van der Waals surface area contributed by atoms with Crippen LogP contribution in [0.1, 0.15) is 40.0 Å². The fraction of sp³-hybridized carbons (Fsp3) is 0.941. The Bertz CT molecular complexity index is 338. The zero-order valence-corrected chi connectivity index (χ0v) is 17.2. The maximum absolute atomic E-state index is 4.51. The molecule has 3 atom stereocenters. The van der Waals surface area contributed by atoms with Crippen LogP contribution in [0.3, 0.4) is 0 Å². The lowest BCUT2D eigenvalue weighted by atomic mass is 9.92. The molecule has 3 unspecified atom stereocenters. The predicted molar refractivity (Wildman–Crippen MR) is 106 cm³/mol. The van der Waals surface area contributed by atoms with Crippen LogP contribution in [0, 0.1) is 17.8 Å². The molecule has 1 N–H and O–H groups in total. The van der Waals surface area contributed by atoms with Gasteiger partial charge < -0.3 is 15.1 Å². The molecule has 0 aromatic heterocycles. The van der Waals surface area contributed by atoms with Crippen LogP contribution in [0.2, 0.25) is 0 Å². The van der Waals surface area contributed by atoms with Gasteiger partial charge in [0.1, 0.15) is 0 Å². The molecule has 0 bridgehead atoms. The molecule has 5 heteroatoms. The zero-order valence-electron chi connectivity index (χ0n) is 14.8. The third kappa shape index (κ3) is 5.87. The first-order chi connectivity index (χ1) is 10.1. The Balaban J connectivity index is 0.00000242. The van der Waals surface area contributed by atoms with Gasteiger partial charge in [-0.3, -0.25) is 4.99 Å². The second-order valence-electron chi connectivity index (χ2n) is 7.23. The van der Waals surface area contributed by atoms with Crippen molar-refractivity contribution < 1.29 is 0 Å². The van der Waals surface area contributed by atoms with Gasteiger partial charge in [0.05, 0.1) is 0 Å². The highest BCUT2D eigenvalue weighted by Crippen LogP contribution is 2.21. The summed E-state index contributed by atoms with van der Waals surface area (Å²) in [5.41, 5.74) is 0. The maximum atomic E-state index is 4.51. The summed E-state index contributed by atoms with van der Waals surface area (Å²) in [6.45, 7) is 14.1. The molecule has 2 fully saturated rings. The summed E-state index contributed by atoms with van der Waals surface area (Å²) in [5, 5.41) is 3.63. The minimum Gasteiger partial charge on any atom is -0.356 e. The highest BCUT2D eigenvalue weighted by atomic mass is 127. The Kier molecular flexibility index (Phi) is 9.05. The number of nitrogens with one attached hydrogen (secondary N) is 1. The first kappa shape index (κ1) is 20.0. The monoisotopic (exact) mass is 422 g/mol. The van der Waals surface area contributed by atoms with Gasteiger partial charge in [-0.05, 0) is 50.1 Å². The Hall–Kier alpha value is -0.0400. The van der Waals surface area contributed by atoms with E-state index in [1.54, 1.807) is 0 Å². The number of guanidine groups is 1. The van der Waals surface area contributed by atoms with Gasteiger partial charge in [0.2, 0.25) is 0 Å². The molecule has 0 aliphatic carbocycles. The number of aliphatic imine (C=N–C) groups is 1. The van der Waals surface area contributed by atoms with Crippen molar-refractivity contribution in [3.05, 3.63) is 0 Å². The molecule has 2 aliphatic rings. The van der Waals surface area contributed by atoms with Gasteiger partial charge >= 0.3 is 0 Å². The van der Waals surface area contributed by atoms with Crippen molar-refractivity contribution in [2.75, 3.05) is 46.3 Å². The molecular weight excluding hydrogens is 387 g/mol. The van der Waals surface area contributed by atoms with Crippen molar-refractivity contribution in [1.29, 1.82) is 0 Å². The lowest BCUT2D eigenvalue weighted by molar-refractivity contribution is 0.208. The van der Waals surface area contributed by atoms with Crippen LogP contribution in [0.5, 0.6) is 0 Å². The molecular formula is C17H35IN4. The zero-order chi connectivity index (χ0) is 15.2. The molecule has 130 valence electrons. The van der Waals surface area contributed by atoms with E-state index in [1.165, 1.54) is 38.9 Å². The van der Waals surface area contributed by atoms with Gasteiger partial charge in [-0.25, -0.2) is 0 Å². The normalized spacial score (nSPS) is 30.3. The second-order valence-corrected chi connectivity index (χ2v) is 7.23. The molecule has 2 aliphatic heterocycles. The van der Waals surface area contributed by atoms with E-state index < -0.39 is 0 Å². The van der Waals surface area contributed by atoms with Gasteiger partial charge in [-0.1, -0.05) is 20.8 Å². The molecule has 22 heavy (non-hydrogen) atoms. The highest BCUT2D eigenvalue weighted by molar-refractivity contribution is 14.0. The van der Waals surface area contributed by atoms with Crippen LogP contribution >= 0.6 is 24.0 Å². The Labute approximate surface area is 154 Å². The minimum atomic E-state index is 0. The molecule has 0 aromatic rings. The average Bonchev–Trinajstić information content (AvgIpc) is 2.86. The molecule has 0 amide bonds. The number of hydrogen-bond acceptors (Lipinski definition) is 2. The van der Waals surface area contributed by atoms with Crippen LogP contribution in [0.4, 0.5) is 0 Å². The third-order valence-electron chi connectivity index (χ3n) is 4.84. The van der Waals surface area contributed by atoms with E-state index in [2.05, 4.69) is 40.9 Å². The van der Waals surface area contributed by atoms with Crippen molar-refractivity contribution in [3.63, 3.8) is 0 Å². The topological polar surface area (TPSA) is 30.9 Å². The summed E-state index contributed by atoms with van der Waals surface area (Å²) in [7, 11) is 1.92. The number of likely N-dealkylation sites (tertiary alicyclic amines) is 2. The van der Waals surface area contributed by atoms with Crippen LogP contribution in [0.15, 0.2) is 4.99 Å². The molecule has 0 radical (unpaired) electrons. The number of hydrogen-bond donors (Lipinski definition) is 1. The standard InChI is InChI=1S/C17H34N4.HI/c1-5-7-20-8-6-16(13-20)10-19-17(18-4)21-11-14(2)9-15(3)12-21;/h14-16H,5-13H2,1-4H3,(H,18,19);1H. The quantitative estimate of drug-likeness (QED) is 0.430. The number of rotatable bonds is 4. The summed E-state index contributed by atoms with van der Waals surface area (Å²) in [4.78, 5) is 9.57. The van der Waals surface area contributed by atoms with Crippen molar-refractivity contribution in [2.24, 2.45) is 22.7 Å². The van der Waals surface area contributed by atoms with Crippen LogP contribution < -0.4 is 5.32 Å². The number of halogens is 1. The van der Waals surface area contributed by atoms with Crippen molar-refractivity contribution >= 4 is 29.9 Å². The summed E-state index contributed by atoms with van der Waals surface area (Å²) >= 11 is 0. The number of piperidine rings is 1.